The average Bonchev–Trinajstić information content (AvgIpc) is 2.79. The first-order chi connectivity index (χ1) is 9.78. The van der Waals surface area contributed by atoms with Gasteiger partial charge in [0.05, 0.1) is 39.1 Å². The Morgan fingerprint density at radius 1 is 1.24 bits per heavy atom. The third-order valence-corrected chi connectivity index (χ3v) is 3.25. The monoisotopic (exact) mass is 319 g/mol. The van der Waals surface area contributed by atoms with Gasteiger partial charge in [0, 0.05) is 18.4 Å². The summed E-state index contributed by atoms with van der Waals surface area (Å²) in [6.45, 7) is 0.0543. The smallest absolute Gasteiger partial charge is 0.339 e. The first-order valence-corrected chi connectivity index (χ1v) is 7.77. The Morgan fingerprint density at radius 3 is 2.43 bits per heavy atom. The van der Waals surface area contributed by atoms with E-state index in [0.717, 1.165) is 6.26 Å². The zero-order valence-corrected chi connectivity index (χ0v) is 12.8. The maximum atomic E-state index is 11.6. The number of esters is 2. The van der Waals surface area contributed by atoms with Gasteiger partial charge in [0.2, 0.25) is 0 Å². The van der Waals surface area contributed by atoms with Crippen molar-refractivity contribution < 1.29 is 31.7 Å². The molecule has 8 nitrogen and oxygen atoms in total. The molecule has 0 atom stereocenters. The molecule has 0 saturated heterocycles. The molecule has 0 bridgehead atoms. The summed E-state index contributed by atoms with van der Waals surface area (Å²) in [4.78, 5) is 23.0. The number of ether oxygens (including phenoxy) is 2. The van der Waals surface area contributed by atoms with Crippen LogP contribution in [-0.4, -0.2) is 52.0 Å². The van der Waals surface area contributed by atoms with Gasteiger partial charge in [0.15, 0.2) is 0 Å². The van der Waals surface area contributed by atoms with Gasteiger partial charge in [-0.3, -0.25) is 8.98 Å². The van der Waals surface area contributed by atoms with Crippen LogP contribution < -0.4 is 0 Å². The van der Waals surface area contributed by atoms with Crippen molar-refractivity contribution in [2.75, 3.05) is 27.1 Å². The minimum atomic E-state index is -3.55. The highest BCUT2D eigenvalue weighted by Gasteiger charge is 2.19. The number of methoxy groups -OCH3 is 2. The van der Waals surface area contributed by atoms with Gasteiger partial charge < -0.3 is 14.0 Å². The van der Waals surface area contributed by atoms with Crippen molar-refractivity contribution in [2.45, 2.75) is 13.0 Å². The van der Waals surface area contributed by atoms with Crippen LogP contribution in [0.5, 0.6) is 0 Å². The van der Waals surface area contributed by atoms with E-state index in [1.807, 2.05) is 0 Å². The summed E-state index contributed by atoms with van der Waals surface area (Å²) in [6.07, 6.45) is 2.36. The fraction of sp³-hybridized carbons (Fsp3) is 0.500. The van der Waals surface area contributed by atoms with Crippen molar-refractivity contribution in [3.8, 4) is 0 Å². The largest absolute Gasteiger partial charge is 0.469 e. The number of aromatic nitrogens is 1. The minimum Gasteiger partial charge on any atom is -0.469 e. The maximum Gasteiger partial charge on any atom is 0.339 e. The van der Waals surface area contributed by atoms with Gasteiger partial charge in [0.1, 0.15) is 0 Å². The lowest BCUT2D eigenvalue weighted by Gasteiger charge is -2.10. The van der Waals surface area contributed by atoms with Gasteiger partial charge in [-0.1, -0.05) is 0 Å². The van der Waals surface area contributed by atoms with Crippen LogP contribution in [0.15, 0.2) is 12.3 Å². The third-order valence-electron chi connectivity index (χ3n) is 2.65. The number of hydrogen-bond donors (Lipinski definition) is 0. The number of carbonyl (C=O) groups is 2. The Morgan fingerprint density at radius 2 is 1.90 bits per heavy atom. The summed E-state index contributed by atoms with van der Waals surface area (Å²) in [5.74, 6) is -1.11. The molecule has 0 spiro atoms. The van der Waals surface area contributed by atoms with Gasteiger partial charge in [-0.15, -0.1) is 0 Å². The fourth-order valence-corrected chi connectivity index (χ4v) is 2.08. The molecule has 0 amide bonds. The van der Waals surface area contributed by atoms with Crippen LogP contribution >= 0.6 is 0 Å². The van der Waals surface area contributed by atoms with E-state index in [9.17, 15) is 18.0 Å². The van der Waals surface area contributed by atoms with Gasteiger partial charge in [-0.25, -0.2) is 4.79 Å². The molecule has 0 aromatic carbocycles. The van der Waals surface area contributed by atoms with Crippen LogP contribution in [0.25, 0.3) is 0 Å². The standard InChI is InChI=1S/C12H17NO7S/c1-18-11(14)8-10-9(12(15)19-2)4-5-13(10)6-7-20-21(3,16)17/h4-5H,6-8H2,1-3H3. The molecule has 118 valence electrons. The molecule has 0 radical (unpaired) electrons. The van der Waals surface area contributed by atoms with Crippen LogP contribution in [0.2, 0.25) is 0 Å². The fourth-order valence-electron chi connectivity index (χ4n) is 1.70. The number of nitrogens with zero attached hydrogens (tertiary/aromatic N) is 1. The normalized spacial score (nSPS) is 11.2. The molecule has 1 aromatic rings. The summed E-state index contributed by atoms with van der Waals surface area (Å²) in [7, 11) is -1.08. The second-order valence-corrected chi connectivity index (χ2v) is 5.78. The molecule has 9 heteroatoms. The van der Waals surface area contributed by atoms with Crippen molar-refractivity contribution in [1.29, 1.82) is 0 Å². The molecule has 0 saturated carbocycles. The Bertz CT molecular complexity index is 618. The maximum absolute atomic E-state index is 11.6. The lowest BCUT2D eigenvalue weighted by molar-refractivity contribution is -0.139. The topological polar surface area (TPSA) is 101 Å². The molecule has 0 fully saturated rings. The molecule has 1 aromatic heterocycles. The van der Waals surface area contributed by atoms with Crippen LogP contribution in [0.4, 0.5) is 0 Å². The zero-order chi connectivity index (χ0) is 16.0. The summed E-state index contributed by atoms with van der Waals surface area (Å²) >= 11 is 0. The number of rotatable bonds is 7. The van der Waals surface area contributed by atoms with Crippen molar-refractivity contribution in [1.82, 2.24) is 4.57 Å². The molecule has 0 aliphatic rings. The summed E-state index contributed by atoms with van der Waals surface area (Å²) < 4.78 is 37.2. The molecule has 0 unspecified atom stereocenters. The van der Waals surface area contributed by atoms with E-state index >= 15 is 0 Å². The van der Waals surface area contributed by atoms with Crippen LogP contribution in [0.3, 0.4) is 0 Å². The van der Waals surface area contributed by atoms with Crippen LogP contribution in [0.1, 0.15) is 16.1 Å². The predicted molar refractivity (Wildman–Crippen MR) is 72.3 cm³/mol. The van der Waals surface area contributed by atoms with Crippen LogP contribution in [0, 0.1) is 0 Å². The van der Waals surface area contributed by atoms with Crippen LogP contribution in [-0.2, 0) is 41.5 Å². The van der Waals surface area contributed by atoms with E-state index < -0.39 is 22.1 Å². The number of hydrogen-bond acceptors (Lipinski definition) is 7. The third kappa shape index (κ3) is 5.20. The van der Waals surface area contributed by atoms with Gasteiger partial charge in [0.25, 0.3) is 10.1 Å². The Kier molecular flexibility index (Phi) is 5.91. The average molecular weight is 319 g/mol. The van der Waals surface area contributed by atoms with Crippen molar-refractivity contribution in [3.05, 3.63) is 23.5 Å². The molecule has 21 heavy (non-hydrogen) atoms. The van der Waals surface area contributed by atoms with Crippen molar-refractivity contribution in [3.63, 3.8) is 0 Å². The zero-order valence-electron chi connectivity index (χ0n) is 12.0. The summed E-state index contributed by atoms with van der Waals surface area (Å²) in [5, 5.41) is 0. The minimum absolute atomic E-state index is 0.109. The highest BCUT2D eigenvalue weighted by molar-refractivity contribution is 7.85. The van der Waals surface area contributed by atoms with Gasteiger partial charge >= 0.3 is 11.9 Å². The molecule has 1 rings (SSSR count). The van der Waals surface area contributed by atoms with E-state index in [4.69, 9.17) is 0 Å². The van der Waals surface area contributed by atoms with E-state index in [1.165, 1.54) is 20.3 Å². The lowest BCUT2D eigenvalue weighted by Crippen LogP contribution is -2.17. The summed E-state index contributed by atoms with van der Waals surface area (Å²) in [6, 6.07) is 1.49. The van der Waals surface area contributed by atoms with E-state index in [0.29, 0.717) is 5.69 Å². The van der Waals surface area contributed by atoms with E-state index in [2.05, 4.69) is 13.7 Å². The SMILES string of the molecule is COC(=O)Cc1c(C(=O)OC)ccn1CCOS(C)(=O)=O. The highest BCUT2D eigenvalue weighted by atomic mass is 32.2. The van der Waals surface area contributed by atoms with Gasteiger partial charge in [-0.05, 0) is 6.07 Å². The first kappa shape index (κ1) is 17.2. The summed E-state index contributed by atoms with van der Waals surface area (Å²) in [5.41, 5.74) is 0.605. The molecule has 0 aliphatic heterocycles. The van der Waals surface area contributed by atoms with E-state index in [-0.39, 0.29) is 25.1 Å². The highest BCUT2D eigenvalue weighted by Crippen LogP contribution is 2.14. The molecular formula is C12H17NO7S. The van der Waals surface area contributed by atoms with E-state index in [1.54, 1.807) is 10.8 Å². The first-order valence-electron chi connectivity index (χ1n) is 5.96. The second-order valence-electron chi connectivity index (χ2n) is 4.14. The second kappa shape index (κ2) is 7.23. The lowest BCUT2D eigenvalue weighted by atomic mass is 10.2. The Hall–Kier alpha value is -1.87. The quantitative estimate of drug-likeness (QED) is 0.513. The molecule has 0 N–H and O–H groups in total. The molecular weight excluding hydrogens is 302 g/mol. The van der Waals surface area contributed by atoms with Gasteiger partial charge in [-0.2, -0.15) is 8.42 Å². The number of carbonyl (C=O) groups excluding carboxylic acids is 2. The Balaban J connectivity index is 2.94. The predicted octanol–water partition coefficient (Wildman–Crippen LogP) is -0.0336. The molecule has 1 heterocycles. The van der Waals surface area contributed by atoms with Crippen molar-refractivity contribution >= 4 is 22.1 Å². The van der Waals surface area contributed by atoms with Crippen molar-refractivity contribution in [2.24, 2.45) is 0 Å². The molecule has 0 aliphatic carbocycles. The Labute approximate surface area is 122 Å².